The summed E-state index contributed by atoms with van der Waals surface area (Å²) in [6.07, 6.45) is 3.50. The molecule has 1 aliphatic heterocycles. The molecule has 1 fully saturated rings. The highest BCUT2D eigenvalue weighted by molar-refractivity contribution is 7.80. The van der Waals surface area contributed by atoms with Crippen LogP contribution in [0.3, 0.4) is 0 Å². The molecule has 0 aromatic heterocycles. The van der Waals surface area contributed by atoms with Crippen LogP contribution in [0.4, 0.5) is 5.69 Å². The molecule has 2 aromatic rings. The first-order chi connectivity index (χ1) is 14.0. The van der Waals surface area contributed by atoms with E-state index in [1.54, 1.807) is 49.6 Å². The van der Waals surface area contributed by atoms with Crippen LogP contribution in [-0.2, 0) is 9.59 Å². The third-order valence-corrected chi connectivity index (χ3v) is 4.65. The zero-order chi connectivity index (χ0) is 20.8. The van der Waals surface area contributed by atoms with Crippen LogP contribution in [0, 0.1) is 0 Å². The number of thiocarbonyl (C=S) groups is 1. The maximum atomic E-state index is 13.0. The van der Waals surface area contributed by atoms with Gasteiger partial charge in [-0.1, -0.05) is 37.6 Å². The number of amides is 2. The summed E-state index contributed by atoms with van der Waals surface area (Å²) >= 11 is 5.20. The number of carbonyl (C=O) groups is 2. The van der Waals surface area contributed by atoms with Gasteiger partial charge in [0.1, 0.15) is 5.57 Å². The second-order valence-electron chi connectivity index (χ2n) is 6.41. The first-order valence-corrected chi connectivity index (χ1v) is 9.73. The standard InChI is InChI=1S/C22H22N2O4S/c1-3-4-12-28-18-11-10-15(14-19(18)27-2)13-17-20(25)23-22(29)24(21(17)26)16-8-6-5-7-9-16/h5-11,13-14H,3-4,12H2,1-2H3,(H,23,25,29)/b17-13-. The average Bonchev–Trinajstić information content (AvgIpc) is 2.72. The van der Waals surface area contributed by atoms with Crippen molar-refractivity contribution in [2.24, 2.45) is 0 Å². The quantitative estimate of drug-likeness (QED) is 0.326. The highest BCUT2D eigenvalue weighted by Crippen LogP contribution is 2.30. The van der Waals surface area contributed by atoms with E-state index in [9.17, 15) is 9.59 Å². The van der Waals surface area contributed by atoms with Gasteiger partial charge in [-0.25, -0.2) is 0 Å². The van der Waals surface area contributed by atoms with E-state index in [-0.39, 0.29) is 10.7 Å². The normalized spacial score (nSPS) is 15.4. The molecule has 0 radical (unpaired) electrons. The van der Waals surface area contributed by atoms with Crippen LogP contribution >= 0.6 is 12.2 Å². The van der Waals surface area contributed by atoms with Crippen molar-refractivity contribution in [2.75, 3.05) is 18.6 Å². The lowest BCUT2D eigenvalue weighted by molar-refractivity contribution is -0.122. The van der Waals surface area contributed by atoms with Crippen LogP contribution in [0.1, 0.15) is 25.3 Å². The number of hydrogen-bond acceptors (Lipinski definition) is 5. The number of carbonyl (C=O) groups excluding carboxylic acids is 2. The highest BCUT2D eigenvalue weighted by atomic mass is 32.1. The molecule has 3 rings (SSSR count). The number of anilines is 1. The van der Waals surface area contributed by atoms with Gasteiger partial charge in [0.25, 0.3) is 11.8 Å². The third-order valence-electron chi connectivity index (χ3n) is 4.37. The summed E-state index contributed by atoms with van der Waals surface area (Å²) in [5.74, 6) is 0.144. The van der Waals surface area contributed by atoms with Gasteiger partial charge in [0, 0.05) is 0 Å². The van der Waals surface area contributed by atoms with Crippen molar-refractivity contribution in [2.45, 2.75) is 19.8 Å². The molecule has 0 saturated carbocycles. The molecule has 2 aromatic carbocycles. The van der Waals surface area contributed by atoms with Crippen molar-refractivity contribution in [3.05, 3.63) is 59.7 Å². The summed E-state index contributed by atoms with van der Waals surface area (Å²) in [4.78, 5) is 26.7. The first-order valence-electron chi connectivity index (χ1n) is 9.32. The Balaban J connectivity index is 1.91. The lowest BCUT2D eigenvalue weighted by Crippen LogP contribution is -2.54. The van der Waals surface area contributed by atoms with Crippen LogP contribution in [0.15, 0.2) is 54.1 Å². The van der Waals surface area contributed by atoms with E-state index in [1.807, 2.05) is 6.07 Å². The zero-order valence-electron chi connectivity index (χ0n) is 16.3. The van der Waals surface area contributed by atoms with E-state index < -0.39 is 11.8 Å². The van der Waals surface area contributed by atoms with E-state index in [2.05, 4.69) is 12.2 Å². The maximum absolute atomic E-state index is 13.0. The Morgan fingerprint density at radius 1 is 1.10 bits per heavy atom. The van der Waals surface area contributed by atoms with Gasteiger partial charge in [-0.3, -0.25) is 19.8 Å². The molecule has 0 unspecified atom stereocenters. The van der Waals surface area contributed by atoms with Gasteiger partial charge < -0.3 is 9.47 Å². The molecular weight excluding hydrogens is 388 g/mol. The largest absolute Gasteiger partial charge is 0.493 e. The van der Waals surface area contributed by atoms with Crippen molar-refractivity contribution in [3.63, 3.8) is 0 Å². The van der Waals surface area contributed by atoms with Crippen molar-refractivity contribution in [1.29, 1.82) is 0 Å². The van der Waals surface area contributed by atoms with Gasteiger partial charge in [-0.2, -0.15) is 0 Å². The van der Waals surface area contributed by atoms with E-state index in [1.165, 1.54) is 11.0 Å². The molecule has 0 aliphatic carbocycles. The van der Waals surface area contributed by atoms with Crippen LogP contribution in [0.25, 0.3) is 6.08 Å². The molecule has 1 N–H and O–H groups in total. The van der Waals surface area contributed by atoms with Gasteiger partial charge in [0.05, 0.1) is 19.4 Å². The Kier molecular flexibility index (Phi) is 6.61. The van der Waals surface area contributed by atoms with E-state index >= 15 is 0 Å². The molecule has 150 valence electrons. The summed E-state index contributed by atoms with van der Waals surface area (Å²) < 4.78 is 11.1. The summed E-state index contributed by atoms with van der Waals surface area (Å²) in [5, 5.41) is 2.63. The number of para-hydroxylation sites is 1. The molecule has 0 atom stereocenters. The van der Waals surface area contributed by atoms with Crippen LogP contribution in [-0.4, -0.2) is 30.6 Å². The monoisotopic (exact) mass is 410 g/mol. The fraction of sp³-hybridized carbons (Fsp3) is 0.227. The van der Waals surface area contributed by atoms with Crippen molar-refractivity contribution in [3.8, 4) is 11.5 Å². The first kappa shape index (κ1) is 20.5. The smallest absolute Gasteiger partial charge is 0.270 e. The van der Waals surface area contributed by atoms with Crippen LogP contribution in [0.5, 0.6) is 11.5 Å². The molecule has 29 heavy (non-hydrogen) atoms. The second-order valence-corrected chi connectivity index (χ2v) is 6.79. The zero-order valence-corrected chi connectivity index (χ0v) is 17.1. The fourth-order valence-electron chi connectivity index (χ4n) is 2.86. The molecule has 2 amide bonds. The lowest BCUT2D eigenvalue weighted by Gasteiger charge is -2.28. The van der Waals surface area contributed by atoms with Gasteiger partial charge >= 0.3 is 0 Å². The average molecular weight is 410 g/mol. The minimum absolute atomic E-state index is 0.0100. The molecule has 1 saturated heterocycles. The van der Waals surface area contributed by atoms with Gasteiger partial charge in [-0.05, 0) is 54.5 Å². The Hall–Kier alpha value is -3.19. The topological polar surface area (TPSA) is 67.9 Å². The predicted octanol–water partition coefficient (Wildman–Crippen LogP) is 3.71. The number of nitrogens with zero attached hydrogens (tertiary/aromatic N) is 1. The number of rotatable bonds is 7. The van der Waals surface area contributed by atoms with Crippen molar-refractivity contribution >= 4 is 40.9 Å². The van der Waals surface area contributed by atoms with E-state index in [0.29, 0.717) is 29.4 Å². The third kappa shape index (κ3) is 4.63. The number of hydrogen-bond donors (Lipinski definition) is 1. The Morgan fingerprint density at radius 3 is 2.55 bits per heavy atom. The molecular formula is C22H22N2O4S. The number of nitrogens with one attached hydrogen (secondary N) is 1. The molecule has 7 heteroatoms. The molecule has 6 nitrogen and oxygen atoms in total. The summed E-state index contributed by atoms with van der Waals surface area (Å²) in [5.41, 5.74) is 1.22. The number of benzene rings is 2. The van der Waals surface area contributed by atoms with Gasteiger partial charge in [0.2, 0.25) is 0 Å². The summed E-state index contributed by atoms with van der Waals surface area (Å²) in [6, 6.07) is 14.2. The molecule has 1 aliphatic rings. The number of methoxy groups -OCH3 is 1. The Labute approximate surface area is 175 Å². The Morgan fingerprint density at radius 2 is 1.86 bits per heavy atom. The summed E-state index contributed by atoms with van der Waals surface area (Å²) in [6.45, 7) is 2.68. The lowest BCUT2D eigenvalue weighted by atomic mass is 10.1. The molecule has 0 bridgehead atoms. The number of unbranched alkanes of at least 4 members (excludes halogenated alkanes) is 1. The summed E-state index contributed by atoms with van der Waals surface area (Å²) in [7, 11) is 1.55. The fourth-order valence-corrected chi connectivity index (χ4v) is 3.14. The van der Waals surface area contributed by atoms with E-state index in [4.69, 9.17) is 21.7 Å². The molecule has 0 spiro atoms. The van der Waals surface area contributed by atoms with E-state index in [0.717, 1.165) is 12.8 Å². The van der Waals surface area contributed by atoms with Crippen molar-refractivity contribution in [1.82, 2.24) is 5.32 Å². The van der Waals surface area contributed by atoms with Crippen molar-refractivity contribution < 1.29 is 19.1 Å². The predicted molar refractivity (Wildman–Crippen MR) is 116 cm³/mol. The van der Waals surface area contributed by atoms with Crippen LogP contribution in [0.2, 0.25) is 0 Å². The minimum atomic E-state index is -0.533. The highest BCUT2D eigenvalue weighted by Gasteiger charge is 2.34. The second kappa shape index (κ2) is 9.34. The van der Waals surface area contributed by atoms with Gasteiger partial charge in [-0.15, -0.1) is 0 Å². The minimum Gasteiger partial charge on any atom is -0.493 e. The van der Waals surface area contributed by atoms with Crippen LogP contribution < -0.4 is 19.7 Å². The number of ether oxygens (including phenoxy) is 2. The Bertz CT molecular complexity index is 957. The maximum Gasteiger partial charge on any atom is 0.270 e. The SMILES string of the molecule is CCCCOc1ccc(/C=C2/C(=O)NC(=S)N(c3ccccc3)C2=O)cc1OC. The molecule has 1 heterocycles. The van der Waals surface area contributed by atoms with Gasteiger partial charge in [0.15, 0.2) is 16.6 Å².